The molecule has 0 bridgehead atoms. The van der Waals surface area contributed by atoms with Gasteiger partial charge in [-0.2, -0.15) is 10.4 Å². The summed E-state index contributed by atoms with van der Waals surface area (Å²) >= 11 is 0. The fourth-order valence-electron chi connectivity index (χ4n) is 2.46. The third kappa shape index (κ3) is 2.69. The quantitative estimate of drug-likeness (QED) is 0.877. The lowest BCUT2D eigenvalue weighted by Gasteiger charge is -2.35. The normalized spacial score (nSPS) is 21.6. The van der Waals surface area contributed by atoms with Crippen molar-refractivity contribution in [1.82, 2.24) is 10.2 Å². The van der Waals surface area contributed by atoms with Crippen molar-refractivity contribution in [3.05, 3.63) is 16.8 Å². The van der Waals surface area contributed by atoms with Gasteiger partial charge in [-0.05, 0) is 31.2 Å². The SMILES string of the molecule is CCc1nnc(NC2CC(OC)C2)c(C#N)c1CC. The lowest BCUT2D eigenvalue weighted by atomic mass is 9.89. The number of methoxy groups -OCH3 is 1. The Morgan fingerprint density at radius 2 is 2.05 bits per heavy atom. The number of rotatable bonds is 5. The average molecular weight is 260 g/mol. The number of nitrogens with one attached hydrogen (secondary N) is 1. The fourth-order valence-corrected chi connectivity index (χ4v) is 2.46. The molecule has 1 heterocycles. The molecular formula is C14H20N4O. The van der Waals surface area contributed by atoms with Crippen LogP contribution in [0.3, 0.4) is 0 Å². The third-order valence-corrected chi connectivity index (χ3v) is 3.73. The van der Waals surface area contributed by atoms with Gasteiger partial charge in [0.05, 0.1) is 11.8 Å². The molecule has 0 amide bonds. The summed E-state index contributed by atoms with van der Waals surface area (Å²) < 4.78 is 5.25. The Labute approximate surface area is 114 Å². The highest BCUT2D eigenvalue weighted by Gasteiger charge is 2.30. The lowest BCUT2D eigenvalue weighted by molar-refractivity contribution is 0.0327. The molecule has 0 saturated heterocycles. The summed E-state index contributed by atoms with van der Waals surface area (Å²) in [6.07, 6.45) is 3.86. The molecule has 0 unspecified atom stereocenters. The van der Waals surface area contributed by atoms with Gasteiger partial charge in [-0.3, -0.25) is 0 Å². The predicted molar refractivity (Wildman–Crippen MR) is 72.9 cm³/mol. The molecule has 0 atom stereocenters. The monoisotopic (exact) mass is 260 g/mol. The molecule has 5 nitrogen and oxygen atoms in total. The summed E-state index contributed by atoms with van der Waals surface area (Å²) in [5, 5.41) is 21.1. The van der Waals surface area contributed by atoms with Crippen LogP contribution >= 0.6 is 0 Å². The lowest BCUT2D eigenvalue weighted by Crippen LogP contribution is -2.40. The maximum atomic E-state index is 9.37. The van der Waals surface area contributed by atoms with Crippen molar-refractivity contribution in [1.29, 1.82) is 5.26 Å². The summed E-state index contributed by atoms with van der Waals surface area (Å²) in [7, 11) is 1.73. The first-order valence-corrected chi connectivity index (χ1v) is 6.81. The summed E-state index contributed by atoms with van der Waals surface area (Å²) in [6.45, 7) is 4.08. The van der Waals surface area contributed by atoms with Crippen LogP contribution in [0.2, 0.25) is 0 Å². The van der Waals surface area contributed by atoms with Gasteiger partial charge in [-0.15, -0.1) is 5.10 Å². The number of hydrogen-bond acceptors (Lipinski definition) is 5. The van der Waals surface area contributed by atoms with Gasteiger partial charge in [0, 0.05) is 13.2 Å². The van der Waals surface area contributed by atoms with Crippen LogP contribution in [-0.4, -0.2) is 29.5 Å². The van der Waals surface area contributed by atoms with E-state index in [9.17, 15) is 5.26 Å². The van der Waals surface area contributed by atoms with E-state index in [2.05, 4.69) is 21.6 Å². The Balaban J connectivity index is 2.19. The molecule has 1 aliphatic carbocycles. The van der Waals surface area contributed by atoms with Crippen molar-refractivity contribution >= 4 is 5.82 Å². The molecule has 1 saturated carbocycles. The first-order chi connectivity index (χ1) is 9.23. The van der Waals surface area contributed by atoms with Gasteiger partial charge in [-0.1, -0.05) is 13.8 Å². The van der Waals surface area contributed by atoms with Crippen LogP contribution in [-0.2, 0) is 17.6 Å². The topological polar surface area (TPSA) is 70.8 Å². The first kappa shape index (κ1) is 13.8. The van der Waals surface area contributed by atoms with Crippen molar-refractivity contribution < 1.29 is 4.74 Å². The summed E-state index contributed by atoms with van der Waals surface area (Å²) in [5.74, 6) is 0.621. The van der Waals surface area contributed by atoms with Crippen LogP contribution in [0, 0.1) is 11.3 Å². The minimum atomic E-state index is 0.330. The van der Waals surface area contributed by atoms with Gasteiger partial charge < -0.3 is 10.1 Å². The zero-order valence-corrected chi connectivity index (χ0v) is 11.7. The van der Waals surface area contributed by atoms with E-state index >= 15 is 0 Å². The second kappa shape index (κ2) is 5.98. The Morgan fingerprint density at radius 1 is 1.32 bits per heavy atom. The average Bonchev–Trinajstić information content (AvgIpc) is 2.40. The molecule has 1 aromatic heterocycles. The molecule has 0 aliphatic heterocycles. The second-order valence-electron chi connectivity index (χ2n) is 4.84. The Hall–Kier alpha value is -1.67. The third-order valence-electron chi connectivity index (χ3n) is 3.73. The van der Waals surface area contributed by atoms with E-state index in [1.165, 1.54) is 0 Å². The minimum Gasteiger partial charge on any atom is -0.381 e. The van der Waals surface area contributed by atoms with Gasteiger partial charge >= 0.3 is 0 Å². The molecule has 5 heteroatoms. The summed E-state index contributed by atoms with van der Waals surface area (Å²) in [4.78, 5) is 0. The number of ether oxygens (including phenoxy) is 1. The molecule has 1 aliphatic rings. The smallest absolute Gasteiger partial charge is 0.167 e. The number of nitriles is 1. The van der Waals surface area contributed by atoms with E-state index in [0.717, 1.165) is 36.9 Å². The highest BCUT2D eigenvalue weighted by molar-refractivity contribution is 5.57. The van der Waals surface area contributed by atoms with Crippen LogP contribution in [0.25, 0.3) is 0 Å². The second-order valence-corrected chi connectivity index (χ2v) is 4.84. The van der Waals surface area contributed by atoms with Crippen LogP contribution in [0.1, 0.15) is 43.5 Å². The van der Waals surface area contributed by atoms with E-state index in [1.807, 2.05) is 13.8 Å². The van der Waals surface area contributed by atoms with E-state index in [1.54, 1.807) is 7.11 Å². The van der Waals surface area contributed by atoms with Crippen molar-refractivity contribution in [2.24, 2.45) is 0 Å². The Bertz CT molecular complexity index is 489. The highest BCUT2D eigenvalue weighted by atomic mass is 16.5. The number of aryl methyl sites for hydroxylation is 1. The van der Waals surface area contributed by atoms with E-state index < -0.39 is 0 Å². The van der Waals surface area contributed by atoms with Crippen LogP contribution in [0.5, 0.6) is 0 Å². The Morgan fingerprint density at radius 3 is 2.58 bits per heavy atom. The van der Waals surface area contributed by atoms with Crippen molar-refractivity contribution in [2.45, 2.75) is 51.7 Å². The maximum Gasteiger partial charge on any atom is 0.167 e. The Kier molecular flexibility index (Phi) is 4.33. The van der Waals surface area contributed by atoms with Crippen LogP contribution in [0.4, 0.5) is 5.82 Å². The van der Waals surface area contributed by atoms with Crippen molar-refractivity contribution in [2.75, 3.05) is 12.4 Å². The van der Waals surface area contributed by atoms with Gasteiger partial charge in [0.2, 0.25) is 0 Å². The predicted octanol–water partition coefficient (Wildman–Crippen LogP) is 2.06. The number of aromatic nitrogens is 2. The number of hydrogen-bond donors (Lipinski definition) is 1. The molecule has 2 rings (SSSR count). The number of anilines is 1. The van der Waals surface area contributed by atoms with Crippen LogP contribution in [0.15, 0.2) is 0 Å². The van der Waals surface area contributed by atoms with Crippen LogP contribution < -0.4 is 5.32 Å². The van der Waals surface area contributed by atoms with Gasteiger partial charge in [0.1, 0.15) is 11.6 Å². The first-order valence-electron chi connectivity index (χ1n) is 6.81. The zero-order valence-electron chi connectivity index (χ0n) is 11.7. The number of nitrogens with zero attached hydrogens (tertiary/aromatic N) is 3. The molecule has 0 spiro atoms. The molecular weight excluding hydrogens is 240 g/mol. The van der Waals surface area contributed by atoms with Crippen molar-refractivity contribution in [3.63, 3.8) is 0 Å². The standard InChI is InChI=1S/C14H20N4O/c1-4-11-12(8-15)14(18-17-13(11)5-2)16-9-6-10(7-9)19-3/h9-10H,4-7H2,1-3H3,(H,16,18). The van der Waals surface area contributed by atoms with Gasteiger partial charge in [0.15, 0.2) is 5.82 Å². The zero-order chi connectivity index (χ0) is 13.8. The van der Waals surface area contributed by atoms with Gasteiger partial charge in [0.25, 0.3) is 0 Å². The molecule has 1 N–H and O–H groups in total. The summed E-state index contributed by atoms with van der Waals surface area (Å²) in [5.41, 5.74) is 2.59. The highest BCUT2D eigenvalue weighted by Crippen LogP contribution is 2.28. The summed E-state index contributed by atoms with van der Waals surface area (Å²) in [6, 6.07) is 2.61. The van der Waals surface area contributed by atoms with E-state index in [4.69, 9.17) is 4.74 Å². The molecule has 19 heavy (non-hydrogen) atoms. The largest absolute Gasteiger partial charge is 0.381 e. The fraction of sp³-hybridized carbons (Fsp3) is 0.643. The molecule has 1 aromatic rings. The van der Waals surface area contributed by atoms with E-state index in [-0.39, 0.29) is 0 Å². The minimum absolute atomic E-state index is 0.330. The van der Waals surface area contributed by atoms with E-state index in [0.29, 0.717) is 23.5 Å². The van der Waals surface area contributed by atoms with Gasteiger partial charge in [-0.25, -0.2) is 0 Å². The van der Waals surface area contributed by atoms with Crippen molar-refractivity contribution in [3.8, 4) is 6.07 Å². The molecule has 102 valence electrons. The molecule has 0 aromatic carbocycles. The molecule has 1 fully saturated rings. The molecule has 0 radical (unpaired) electrons. The maximum absolute atomic E-state index is 9.37.